The van der Waals surface area contributed by atoms with Gasteiger partial charge >= 0.3 is 5.97 Å². The van der Waals surface area contributed by atoms with Gasteiger partial charge in [0.05, 0.1) is 7.11 Å². The Hall–Kier alpha value is -2.83. The second-order valence-corrected chi connectivity index (χ2v) is 5.90. The number of carbonyl (C=O) groups is 2. The molecule has 1 N–H and O–H groups in total. The first-order valence-electron chi connectivity index (χ1n) is 8.10. The Morgan fingerprint density at radius 2 is 2.08 bits per heavy atom. The largest absolute Gasteiger partial charge is 0.494 e. The van der Waals surface area contributed by atoms with Crippen LogP contribution in [0.4, 0.5) is 0 Å². The summed E-state index contributed by atoms with van der Waals surface area (Å²) in [5.74, 6) is -0.812. The Kier molecular flexibility index (Phi) is 5.80. The zero-order valence-electron chi connectivity index (χ0n) is 14.9. The van der Waals surface area contributed by atoms with Gasteiger partial charge in [0.2, 0.25) is 0 Å². The second kappa shape index (κ2) is 7.83. The van der Waals surface area contributed by atoms with Gasteiger partial charge in [0.1, 0.15) is 18.0 Å². The number of methoxy groups -OCH3 is 1. The third kappa shape index (κ3) is 4.17. The maximum absolute atomic E-state index is 12.7. The van der Waals surface area contributed by atoms with Gasteiger partial charge in [-0.25, -0.2) is 4.68 Å². The molecule has 1 aromatic heterocycles. The quantitative estimate of drug-likeness (QED) is 0.833. The third-order valence-corrected chi connectivity index (χ3v) is 4.08. The molecule has 1 heterocycles. The maximum Gasteiger partial charge on any atom is 0.323 e. The summed E-state index contributed by atoms with van der Waals surface area (Å²) < 4.78 is 6.91. The highest BCUT2D eigenvalue weighted by Crippen LogP contribution is 2.23. The maximum atomic E-state index is 12.7. The molecule has 1 amide bonds. The first-order valence-corrected chi connectivity index (χ1v) is 8.10. The van der Waals surface area contributed by atoms with Gasteiger partial charge in [-0.3, -0.25) is 9.59 Å². The standard InChI is InChI=1S/C18H23N3O4/c1-5-13(3)20(11-17(22)23)18(24)14-8-9-21(19-14)15-10-12(2)6-7-16(15)25-4/h6-10,13H,5,11H2,1-4H3,(H,22,23). The molecule has 7 heteroatoms. The van der Waals surface area contributed by atoms with E-state index < -0.39 is 11.9 Å². The highest BCUT2D eigenvalue weighted by Gasteiger charge is 2.25. The van der Waals surface area contributed by atoms with E-state index in [2.05, 4.69) is 5.10 Å². The van der Waals surface area contributed by atoms with Crippen molar-refractivity contribution in [2.75, 3.05) is 13.7 Å². The van der Waals surface area contributed by atoms with Crippen LogP contribution < -0.4 is 4.74 Å². The molecule has 0 aliphatic heterocycles. The summed E-state index contributed by atoms with van der Waals surface area (Å²) in [5, 5.41) is 13.4. The van der Waals surface area contributed by atoms with Gasteiger partial charge in [0.15, 0.2) is 5.69 Å². The molecule has 1 atom stereocenters. The Bertz CT molecular complexity index is 769. The molecule has 7 nitrogen and oxygen atoms in total. The highest BCUT2D eigenvalue weighted by molar-refractivity contribution is 5.94. The minimum atomic E-state index is -1.05. The number of aryl methyl sites for hydroxylation is 1. The molecule has 2 rings (SSSR count). The van der Waals surface area contributed by atoms with Gasteiger partial charge < -0.3 is 14.7 Å². The average Bonchev–Trinajstić information content (AvgIpc) is 3.08. The van der Waals surface area contributed by atoms with E-state index in [1.807, 2.05) is 39.0 Å². The molecule has 0 aliphatic rings. The fourth-order valence-electron chi connectivity index (χ4n) is 2.49. The molecule has 0 spiro atoms. The van der Waals surface area contributed by atoms with E-state index in [0.717, 1.165) is 11.3 Å². The molecule has 0 saturated carbocycles. The number of amides is 1. The molecular formula is C18H23N3O4. The van der Waals surface area contributed by atoms with Crippen LogP contribution in [0.25, 0.3) is 5.69 Å². The minimum absolute atomic E-state index is 0.192. The van der Waals surface area contributed by atoms with Crippen LogP contribution in [0.5, 0.6) is 5.75 Å². The van der Waals surface area contributed by atoms with E-state index in [1.165, 1.54) is 4.90 Å². The van der Waals surface area contributed by atoms with E-state index in [1.54, 1.807) is 24.1 Å². The van der Waals surface area contributed by atoms with E-state index in [4.69, 9.17) is 9.84 Å². The van der Waals surface area contributed by atoms with Crippen LogP contribution in [0.3, 0.4) is 0 Å². The fourth-order valence-corrected chi connectivity index (χ4v) is 2.49. The van der Waals surface area contributed by atoms with Crippen molar-refractivity contribution in [3.63, 3.8) is 0 Å². The van der Waals surface area contributed by atoms with Gasteiger partial charge in [0.25, 0.3) is 5.91 Å². The monoisotopic (exact) mass is 345 g/mol. The van der Waals surface area contributed by atoms with Crippen molar-refractivity contribution >= 4 is 11.9 Å². The number of nitrogens with zero attached hydrogens (tertiary/aromatic N) is 3. The number of carboxylic acid groups (broad SMARTS) is 1. The summed E-state index contributed by atoms with van der Waals surface area (Å²) in [4.78, 5) is 25.1. The summed E-state index contributed by atoms with van der Waals surface area (Å²) in [7, 11) is 1.57. The van der Waals surface area contributed by atoms with Gasteiger partial charge in [-0.2, -0.15) is 5.10 Å². The number of rotatable bonds is 7. The second-order valence-electron chi connectivity index (χ2n) is 5.90. The molecule has 2 aromatic rings. The SMILES string of the molecule is CCC(C)N(CC(=O)O)C(=O)c1ccn(-c2cc(C)ccc2OC)n1. The number of carboxylic acids is 1. The number of hydrogen-bond acceptors (Lipinski definition) is 4. The number of aliphatic carboxylic acids is 1. The van der Waals surface area contributed by atoms with Gasteiger partial charge in [-0.15, -0.1) is 0 Å². The molecular weight excluding hydrogens is 322 g/mol. The van der Waals surface area contributed by atoms with Crippen molar-refractivity contribution in [3.05, 3.63) is 41.7 Å². The molecule has 0 aliphatic carbocycles. The fraction of sp³-hybridized carbons (Fsp3) is 0.389. The summed E-state index contributed by atoms with van der Waals surface area (Å²) in [6.07, 6.45) is 2.32. The van der Waals surface area contributed by atoms with Crippen molar-refractivity contribution in [2.24, 2.45) is 0 Å². The number of benzene rings is 1. The van der Waals surface area contributed by atoms with Crippen LogP contribution in [-0.4, -0.2) is 51.4 Å². The summed E-state index contributed by atoms with van der Waals surface area (Å²) in [6, 6.07) is 7.06. The number of aromatic nitrogens is 2. The Morgan fingerprint density at radius 1 is 1.36 bits per heavy atom. The zero-order chi connectivity index (χ0) is 18.6. The minimum Gasteiger partial charge on any atom is -0.494 e. The lowest BCUT2D eigenvalue weighted by atomic mass is 10.2. The lowest BCUT2D eigenvalue weighted by Gasteiger charge is -2.26. The summed E-state index contributed by atoms with van der Waals surface area (Å²) in [6.45, 7) is 5.33. The average molecular weight is 345 g/mol. The van der Waals surface area contributed by atoms with Crippen LogP contribution in [0.2, 0.25) is 0 Å². The van der Waals surface area contributed by atoms with E-state index in [9.17, 15) is 9.59 Å². The Labute approximate surface area is 146 Å². The van der Waals surface area contributed by atoms with Crippen LogP contribution in [0.15, 0.2) is 30.5 Å². The third-order valence-electron chi connectivity index (χ3n) is 4.08. The van der Waals surface area contributed by atoms with Crippen LogP contribution in [-0.2, 0) is 4.79 Å². The van der Waals surface area contributed by atoms with Crippen molar-refractivity contribution in [1.82, 2.24) is 14.7 Å². The summed E-state index contributed by atoms with van der Waals surface area (Å²) in [5.41, 5.74) is 1.95. The number of ether oxygens (including phenoxy) is 1. The van der Waals surface area contributed by atoms with Crippen LogP contribution in [0, 0.1) is 6.92 Å². The number of hydrogen-bond donors (Lipinski definition) is 1. The lowest BCUT2D eigenvalue weighted by molar-refractivity contribution is -0.138. The van der Waals surface area contributed by atoms with E-state index in [-0.39, 0.29) is 18.3 Å². The molecule has 25 heavy (non-hydrogen) atoms. The lowest BCUT2D eigenvalue weighted by Crippen LogP contribution is -2.42. The highest BCUT2D eigenvalue weighted by atomic mass is 16.5. The van der Waals surface area contributed by atoms with E-state index >= 15 is 0 Å². The molecule has 1 unspecified atom stereocenters. The Balaban J connectivity index is 2.35. The van der Waals surface area contributed by atoms with Crippen molar-refractivity contribution < 1.29 is 19.4 Å². The van der Waals surface area contributed by atoms with Crippen molar-refractivity contribution in [2.45, 2.75) is 33.2 Å². The first-order chi connectivity index (χ1) is 11.9. The normalized spacial score (nSPS) is 11.8. The molecule has 134 valence electrons. The summed E-state index contributed by atoms with van der Waals surface area (Å²) >= 11 is 0. The smallest absolute Gasteiger partial charge is 0.323 e. The van der Waals surface area contributed by atoms with Crippen molar-refractivity contribution in [3.8, 4) is 11.4 Å². The van der Waals surface area contributed by atoms with E-state index in [0.29, 0.717) is 12.2 Å². The molecule has 0 saturated heterocycles. The van der Waals surface area contributed by atoms with Gasteiger partial charge in [-0.1, -0.05) is 13.0 Å². The van der Waals surface area contributed by atoms with Crippen LogP contribution >= 0.6 is 0 Å². The Morgan fingerprint density at radius 3 is 2.68 bits per heavy atom. The number of carbonyl (C=O) groups excluding carboxylic acids is 1. The first kappa shape index (κ1) is 18.5. The molecule has 1 aromatic carbocycles. The molecule has 0 radical (unpaired) electrons. The molecule has 0 bridgehead atoms. The zero-order valence-corrected chi connectivity index (χ0v) is 14.9. The predicted octanol–water partition coefficient (Wildman–Crippen LogP) is 2.51. The molecule has 0 fully saturated rings. The van der Waals surface area contributed by atoms with Crippen LogP contribution in [0.1, 0.15) is 36.3 Å². The van der Waals surface area contributed by atoms with Gasteiger partial charge in [-0.05, 0) is 44.0 Å². The predicted molar refractivity (Wildman–Crippen MR) is 93.3 cm³/mol. The van der Waals surface area contributed by atoms with Crippen molar-refractivity contribution in [1.29, 1.82) is 0 Å². The topological polar surface area (TPSA) is 84.7 Å². The van der Waals surface area contributed by atoms with Gasteiger partial charge in [0, 0.05) is 12.2 Å².